The van der Waals surface area contributed by atoms with Gasteiger partial charge in [-0.15, -0.1) is 0 Å². The Hall–Kier alpha value is -2.55. The lowest BCUT2D eigenvalue weighted by molar-refractivity contribution is 0.303. The predicted octanol–water partition coefficient (Wildman–Crippen LogP) is 6.01. The van der Waals surface area contributed by atoms with Crippen molar-refractivity contribution < 1.29 is 0 Å². The fourth-order valence-corrected chi connectivity index (χ4v) is 3.91. The maximum Gasteiger partial charge on any atom is 0.226 e. The molecule has 1 fully saturated rings. The van der Waals surface area contributed by atoms with E-state index in [1.807, 2.05) is 30.3 Å². The van der Waals surface area contributed by atoms with Crippen LogP contribution in [0.5, 0.6) is 0 Å². The molecule has 0 atom stereocenters. The number of H-pyrrole nitrogens is 1. The number of benzene rings is 1. The monoisotopic (exact) mass is 488 g/mol. The average molecular weight is 489 g/mol. The number of hydrogen-bond acceptors (Lipinski definition) is 7. The molecule has 10 heteroatoms. The largest absolute Gasteiger partial charge is 0.354 e. The second kappa shape index (κ2) is 11.0. The van der Waals surface area contributed by atoms with Gasteiger partial charge < -0.3 is 20.9 Å². The molecular formula is C23H30Cl2N8. The fourth-order valence-electron chi connectivity index (χ4n) is 3.55. The van der Waals surface area contributed by atoms with Gasteiger partial charge in [0.15, 0.2) is 17.5 Å². The Balaban J connectivity index is 1.53. The Labute approximate surface area is 204 Å². The van der Waals surface area contributed by atoms with Crippen LogP contribution >= 0.6 is 23.2 Å². The summed E-state index contributed by atoms with van der Waals surface area (Å²) in [5.74, 6) is 2.67. The first-order valence-electron chi connectivity index (χ1n) is 11.4. The number of anilines is 5. The van der Waals surface area contributed by atoms with Crippen molar-refractivity contribution in [3.63, 3.8) is 0 Å². The number of halogens is 2. The second-order valence-electron chi connectivity index (χ2n) is 8.08. The molecular weight excluding hydrogens is 459 g/mol. The molecule has 0 saturated heterocycles. The first-order chi connectivity index (χ1) is 16.1. The first kappa shape index (κ1) is 23.6. The van der Waals surface area contributed by atoms with E-state index in [1.54, 1.807) is 0 Å². The Kier molecular flexibility index (Phi) is 7.90. The molecule has 0 amide bonds. The van der Waals surface area contributed by atoms with E-state index in [9.17, 15) is 0 Å². The van der Waals surface area contributed by atoms with Gasteiger partial charge in [-0.2, -0.15) is 15.1 Å². The van der Waals surface area contributed by atoms with Crippen LogP contribution in [0.1, 0.15) is 44.7 Å². The molecule has 1 aliphatic rings. The maximum absolute atomic E-state index is 6.69. The molecule has 2 aromatic heterocycles. The molecule has 1 saturated carbocycles. The summed E-state index contributed by atoms with van der Waals surface area (Å²) in [4.78, 5) is 11.6. The summed E-state index contributed by atoms with van der Waals surface area (Å²) >= 11 is 13.0. The highest BCUT2D eigenvalue weighted by molar-refractivity contribution is 6.36. The van der Waals surface area contributed by atoms with Crippen molar-refractivity contribution in [2.75, 3.05) is 42.1 Å². The SMILES string of the molecule is CCN(CC)CCCNc1nc(Nc2cc(C3CC3)[nH]n2)c(Cl)c(Nc2ccccc2Cl)n1. The lowest BCUT2D eigenvalue weighted by Gasteiger charge is -2.18. The van der Waals surface area contributed by atoms with Crippen molar-refractivity contribution in [2.24, 2.45) is 0 Å². The van der Waals surface area contributed by atoms with Crippen LogP contribution in [0.2, 0.25) is 10.0 Å². The normalized spacial score (nSPS) is 13.4. The highest BCUT2D eigenvalue weighted by atomic mass is 35.5. The summed E-state index contributed by atoms with van der Waals surface area (Å²) < 4.78 is 0. The molecule has 8 nitrogen and oxygen atoms in total. The Morgan fingerprint density at radius 1 is 1.06 bits per heavy atom. The van der Waals surface area contributed by atoms with E-state index < -0.39 is 0 Å². The minimum atomic E-state index is 0.361. The zero-order chi connectivity index (χ0) is 23.2. The Bertz CT molecular complexity index is 1060. The summed E-state index contributed by atoms with van der Waals surface area (Å²) in [6.45, 7) is 8.19. The molecule has 0 bridgehead atoms. The molecule has 2 heterocycles. The van der Waals surface area contributed by atoms with Crippen molar-refractivity contribution in [3.8, 4) is 0 Å². The standard InChI is InChI=1S/C23H30Cl2N8/c1-3-33(4-2)13-7-12-26-23-29-21(27-17-9-6-5-8-16(17)24)20(25)22(30-23)28-19-14-18(31-32-19)15-10-11-15/h5-6,8-9,14-15H,3-4,7,10-13H2,1-2H3,(H4,26,27,28,29,30,31,32). The molecule has 4 N–H and O–H groups in total. The van der Waals surface area contributed by atoms with Gasteiger partial charge in [0.05, 0.1) is 10.7 Å². The van der Waals surface area contributed by atoms with Gasteiger partial charge in [0.2, 0.25) is 5.95 Å². The number of nitrogens with zero attached hydrogens (tertiary/aromatic N) is 4. The van der Waals surface area contributed by atoms with E-state index in [0.29, 0.717) is 45.1 Å². The van der Waals surface area contributed by atoms with Crippen molar-refractivity contribution >= 4 is 52.3 Å². The third-order valence-electron chi connectivity index (χ3n) is 5.67. The van der Waals surface area contributed by atoms with Gasteiger partial charge in [-0.1, -0.05) is 49.2 Å². The molecule has 33 heavy (non-hydrogen) atoms. The van der Waals surface area contributed by atoms with Gasteiger partial charge in [-0.05, 0) is 51.0 Å². The highest BCUT2D eigenvalue weighted by Gasteiger charge is 2.26. The van der Waals surface area contributed by atoms with Crippen molar-refractivity contribution in [1.29, 1.82) is 0 Å². The van der Waals surface area contributed by atoms with Gasteiger partial charge in [0, 0.05) is 24.2 Å². The van der Waals surface area contributed by atoms with Crippen LogP contribution < -0.4 is 16.0 Å². The third kappa shape index (κ3) is 6.28. The molecule has 1 aromatic carbocycles. The van der Waals surface area contributed by atoms with Gasteiger partial charge >= 0.3 is 0 Å². The topological polar surface area (TPSA) is 93.8 Å². The fraction of sp³-hybridized carbons (Fsp3) is 0.435. The van der Waals surface area contributed by atoms with E-state index in [1.165, 1.54) is 12.8 Å². The number of rotatable bonds is 12. The summed E-state index contributed by atoms with van der Waals surface area (Å²) in [7, 11) is 0. The quantitative estimate of drug-likeness (QED) is 0.231. The number of para-hydroxylation sites is 1. The van der Waals surface area contributed by atoms with Crippen LogP contribution in [0.4, 0.5) is 29.1 Å². The predicted molar refractivity (Wildman–Crippen MR) is 137 cm³/mol. The summed E-state index contributed by atoms with van der Waals surface area (Å²) in [5.41, 5.74) is 1.85. The van der Waals surface area contributed by atoms with Gasteiger partial charge in [-0.3, -0.25) is 5.10 Å². The summed E-state index contributed by atoms with van der Waals surface area (Å²) in [5, 5.41) is 18.2. The Morgan fingerprint density at radius 2 is 1.79 bits per heavy atom. The van der Waals surface area contributed by atoms with Crippen LogP contribution in [0.25, 0.3) is 0 Å². The van der Waals surface area contributed by atoms with Crippen LogP contribution in [-0.2, 0) is 0 Å². The van der Waals surface area contributed by atoms with E-state index in [0.717, 1.165) is 38.3 Å². The lowest BCUT2D eigenvalue weighted by Crippen LogP contribution is -2.25. The molecule has 176 valence electrons. The zero-order valence-corrected chi connectivity index (χ0v) is 20.5. The molecule has 0 radical (unpaired) electrons. The smallest absolute Gasteiger partial charge is 0.226 e. The lowest BCUT2D eigenvalue weighted by atomic mass is 10.3. The van der Waals surface area contributed by atoms with Gasteiger partial charge in [0.25, 0.3) is 0 Å². The molecule has 0 spiro atoms. The van der Waals surface area contributed by atoms with Gasteiger partial charge in [-0.25, -0.2) is 0 Å². The van der Waals surface area contributed by atoms with Crippen LogP contribution in [0.15, 0.2) is 30.3 Å². The van der Waals surface area contributed by atoms with Crippen molar-refractivity contribution in [3.05, 3.63) is 46.1 Å². The summed E-state index contributed by atoms with van der Waals surface area (Å²) in [6.07, 6.45) is 3.38. The first-order valence-corrected chi connectivity index (χ1v) is 12.2. The van der Waals surface area contributed by atoms with E-state index in [4.69, 9.17) is 23.2 Å². The van der Waals surface area contributed by atoms with Crippen molar-refractivity contribution in [1.82, 2.24) is 25.1 Å². The zero-order valence-electron chi connectivity index (χ0n) is 19.0. The number of aromatic nitrogens is 4. The molecule has 4 rings (SSSR count). The minimum Gasteiger partial charge on any atom is -0.354 e. The van der Waals surface area contributed by atoms with E-state index >= 15 is 0 Å². The van der Waals surface area contributed by atoms with Crippen molar-refractivity contribution in [2.45, 2.75) is 39.0 Å². The van der Waals surface area contributed by atoms with Crippen LogP contribution in [-0.4, -0.2) is 51.2 Å². The minimum absolute atomic E-state index is 0.361. The molecule has 1 aliphatic carbocycles. The summed E-state index contributed by atoms with van der Waals surface area (Å²) in [6, 6.07) is 9.47. The molecule has 0 unspecified atom stereocenters. The maximum atomic E-state index is 6.69. The highest BCUT2D eigenvalue weighted by Crippen LogP contribution is 2.40. The molecule has 0 aliphatic heterocycles. The van der Waals surface area contributed by atoms with Gasteiger partial charge in [0.1, 0.15) is 5.02 Å². The van der Waals surface area contributed by atoms with E-state index in [2.05, 4.69) is 54.9 Å². The van der Waals surface area contributed by atoms with E-state index in [-0.39, 0.29) is 0 Å². The third-order valence-corrected chi connectivity index (χ3v) is 6.36. The van der Waals surface area contributed by atoms with Crippen LogP contribution in [0.3, 0.4) is 0 Å². The number of aromatic amines is 1. The number of hydrogen-bond donors (Lipinski definition) is 4. The van der Waals surface area contributed by atoms with Crippen LogP contribution in [0, 0.1) is 0 Å². The Morgan fingerprint density at radius 3 is 2.48 bits per heavy atom. The molecule has 3 aromatic rings. The second-order valence-corrected chi connectivity index (χ2v) is 8.86. The average Bonchev–Trinajstić information content (AvgIpc) is 3.57. The number of nitrogens with one attached hydrogen (secondary N) is 4.